The van der Waals surface area contributed by atoms with E-state index in [4.69, 9.17) is 22.1 Å². The van der Waals surface area contributed by atoms with Crippen molar-refractivity contribution in [3.05, 3.63) is 28.8 Å². The summed E-state index contributed by atoms with van der Waals surface area (Å²) >= 11 is 5.81. The lowest BCUT2D eigenvalue weighted by Crippen LogP contribution is -2.06. The Balaban J connectivity index is 3.12. The van der Waals surface area contributed by atoms with E-state index in [-0.39, 0.29) is 6.04 Å². The second-order valence-electron chi connectivity index (χ2n) is 2.67. The van der Waals surface area contributed by atoms with Gasteiger partial charge >= 0.3 is 0 Å². The van der Waals surface area contributed by atoms with Crippen LogP contribution in [0.4, 0.5) is 0 Å². The predicted molar refractivity (Wildman–Crippen MR) is 50.6 cm³/mol. The van der Waals surface area contributed by atoms with Crippen molar-refractivity contribution in [2.45, 2.75) is 13.0 Å². The molecular formula is C9H12ClNO. The van der Waals surface area contributed by atoms with Crippen molar-refractivity contribution in [3.8, 4) is 5.75 Å². The first-order valence-corrected chi connectivity index (χ1v) is 4.12. The molecule has 0 fully saturated rings. The number of halogens is 1. The molecule has 0 saturated carbocycles. The minimum Gasteiger partial charge on any atom is -0.496 e. The zero-order chi connectivity index (χ0) is 9.14. The van der Waals surface area contributed by atoms with Gasteiger partial charge in [0.1, 0.15) is 5.75 Å². The Bertz CT molecular complexity index is 273. The Morgan fingerprint density at radius 1 is 1.50 bits per heavy atom. The van der Waals surface area contributed by atoms with Crippen molar-refractivity contribution in [2.75, 3.05) is 7.11 Å². The smallest absolute Gasteiger partial charge is 0.123 e. The summed E-state index contributed by atoms with van der Waals surface area (Å²) in [5.41, 5.74) is 6.66. The maximum atomic E-state index is 5.81. The number of ether oxygens (including phenoxy) is 1. The zero-order valence-electron chi connectivity index (χ0n) is 7.17. The molecule has 0 aromatic heterocycles. The summed E-state index contributed by atoms with van der Waals surface area (Å²) in [6.07, 6.45) is 0. The first-order valence-electron chi connectivity index (χ1n) is 3.74. The van der Waals surface area contributed by atoms with E-state index in [0.29, 0.717) is 5.02 Å². The molecule has 1 rings (SSSR count). The van der Waals surface area contributed by atoms with E-state index in [1.54, 1.807) is 13.2 Å². The van der Waals surface area contributed by atoms with Crippen LogP contribution in [0.2, 0.25) is 5.02 Å². The lowest BCUT2D eigenvalue weighted by Gasteiger charge is -2.11. The van der Waals surface area contributed by atoms with Gasteiger partial charge in [0.15, 0.2) is 0 Å². The standard InChI is InChI=1S/C9H12ClNO/c1-6(11)8-5-7(10)3-4-9(8)12-2/h3-6H,11H2,1-2H3/t6-/m0/s1. The molecule has 12 heavy (non-hydrogen) atoms. The van der Waals surface area contributed by atoms with Crippen molar-refractivity contribution >= 4 is 11.6 Å². The molecule has 0 amide bonds. The van der Waals surface area contributed by atoms with Crippen LogP contribution in [-0.4, -0.2) is 7.11 Å². The van der Waals surface area contributed by atoms with Crippen LogP contribution in [0, 0.1) is 0 Å². The predicted octanol–water partition coefficient (Wildman–Crippen LogP) is 2.37. The van der Waals surface area contributed by atoms with E-state index in [1.165, 1.54) is 0 Å². The highest BCUT2D eigenvalue weighted by atomic mass is 35.5. The summed E-state index contributed by atoms with van der Waals surface area (Å²) in [4.78, 5) is 0. The molecule has 1 aromatic carbocycles. The van der Waals surface area contributed by atoms with Gasteiger partial charge in [-0.25, -0.2) is 0 Å². The van der Waals surface area contributed by atoms with Crippen LogP contribution in [0.15, 0.2) is 18.2 Å². The van der Waals surface area contributed by atoms with Gasteiger partial charge in [0.2, 0.25) is 0 Å². The highest BCUT2D eigenvalue weighted by Gasteiger charge is 2.07. The molecule has 1 aromatic rings. The summed E-state index contributed by atoms with van der Waals surface area (Å²) in [6, 6.07) is 5.37. The maximum Gasteiger partial charge on any atom is 0.123 e. The van der Waals surface area contributed by atoms with Crippen LogP contribution in [0.25, 0.3) is 0 Å². The van der Waals surface area contributed by atoms with Crippen LogP contribution in [-0.2, 0) is 0 Å². The second-order valence-corrected chi connectivity index (χ2v) is 3.11. The van der Waals surface area contributed by atoms with Gasteiger partial charge in [0.05, 0.1) is 7.11 Å². The van der Waals surface area contributed by atoms with E-state index in [1.807, 2.05) is 19.1 Å². The van der Waals surface area contributed by atoms with Gasteiger partial charge < -0.3 is 10.5 Å². The SMILES string of the molecule is COc1ccc(Cl)cc1[C@H](C)N. The molecule has 0 bridgehead atoms. The molecule has 0 unspecified atom stereocenters. The van der Waals surface area contributed by atoms with Crippen LogP contribution in [0.5, 0.6) is 5.75 Å². The first kappa shape index (κ1) is 9.36. The Labute approximate surface area is 77.3 Å². The molecule has 0 aliphatic heterocycles. The Kier molecular flexibility index (Phi) is 2.95. The molecular weight excluding hydrogens is 174 g/mol. The highest BCUT2D eigenvalue weighted by molar-refractivity contribution is 6.30. The van der Waals surface area contributed by atoms with Crippen molar-refractivity contribution < 1.29 is 4.74 Å². The third-order valence-corrected chi connectivity index (χ3v) is 1.92. The van der Waals surface area contributed by atoms with Gasteiger partial charge in [-0.05, 0) is 25.1 Å². The maximum absolute atomic E-state index is 5.81. The topological polar surface area (TPSA) is 35.2 Å². The Morgan fingerprint density at radius 3 is 2.67 bits per heavy atom. The Hall–Kier alpha value is -0.730. The van der Waals surface area contributed by atoms with E-state index in [0.717, 1.165) is 11.3 Å². The average Bonchev–Trinajstić information content (AvgIpc) is 2.04. The summed E-state index contributed by atoms with van der Waals surface area (Å²) in [7, 11) is 1.62. The lowest BCUT2D eigenvalue weighted by molar-refractivity contribution is 0.407. The van der Waals surface area contributed by atoms with Crippen molar-refractivity contribution in [3.63, 3.8) is 0 Å². The molecule has 2 N–H and O–H groups in total. The van der Waals surface area contributed by atoms with Crippen LogP contribution < -0.4 is 10.5 Å². The highest BCUT2D eigenvalue weighted by Crippen LogP contribution is 2.26. The molecule has 2 nitrogen and oxygen atoms in total. The van der Waals surface area contributed by atoms with Crippen LogP contribution >= 0.6 is 11.6 Å². The fourth-order valence-corrected chi connectivity index (χ4v) is 1.24. The summed E-state index contributed by atoms with van der Waals surface area (Å²) in [5, 5.41) is 0.683. The van der Waals surface area contributed by atoms with E-state index in [9.17, 15) is 0 Å². The minimum absolute atomic E-state index is 0.0568. The molecule has 0 saturated heterocycles. The number of benzene rings is 1. The third-order valence-electron chi connectivity index (χ3n) is 1.68. The van der Waals surface area contributed by atoms with Crippen LogP contribution in [0.3, 0.4) is 0 Å². The van der Waals surface area contributed by atoms with Gasteiger partial charge in [-0.1, -0.05) is 11.6 Å². The van der Waals surface area contributed by atoms with Crippen molar-refractivity contribution in [1.82, 2.24) is 0 Å². The van der Waals surface area contributed by atoms with Gasteiger partial charge in [-0.3, -0.25) is 0 Å². The molecule has 3 heteroatoms. The molecule has 0 aliphatic rings. The van der Waals surface area contributed by atoms with E-state index >= 15 is 0 Å². The third kappa shape index (κ3) is 1.90. The minimum atomic E-state index is -0.0568. The summed E-state index contributed by atoms with van der Waals surface area (Å²) in [6.45, 7) is 1.90. The number of nitrogens with two attached hydrogens (primary N) is 1. The number of hydrogen-bond acceptors (Lipinski definition) is 2. The van der Waals surface area contributed by atoms with Crippen molar-refractivity contribution in [1.29, 1.82) is 0 Å². The molecule has 66 valence electrons. The van der Waals surface area contributed by atoms with Gasteiger partial charge in [-0.2, -0.15) is 0 Å². The lowest BCUT2D eigenvalue weighted by atomic mass is 10.1. The van der Waals surface area contributed by atoms with E-state index in [2.05, 4.69) is 0 Å². The second kappa shape index (κ2) is 3.78. The quantitative estimate of drug-likeness (QED) is 0.768. The fraction of sp³-hybridized carbons (Fsp3) is 0.333. The van der Waals surface area contributed by atoms with Crippen LogP contribution in [0.1, 0.15) is 18.5 Å². The number of hydrogen-bond donors (Lipinski definition) is 1. The largest absolute Gasteiger partial charge is 0.496 e. The molecule has 0 spiro atoms. The summed E-state index contributed by atoms with van der Waals surface area (Å²) < 4.78 is 5.12. The number of methoxy groups -OCH3 is 1. The Morgan fingerprint density at radius 2 is 2.17 bits per heavy atom. The monoisotopic (exact) mass is 185 g/mol. The van der Waals surface area contributed by atoms with E-state index < -0.39 is 0 Å². The fourth-order valence-electron chi connectivity index (χ4n) is 1.06. The van der Waals surface area contributed by atoms with Gasteiger partial charge in [0, 0.05) is 16.6 Å². The average molecular weight is 186 g/mol. The van der Waals surface area contributed by atoms with Crippen molar-refractivity contribution in [2.24, 2.45) is 5.73 Å². The molecule has 0 aliphatic carbocycles. The van der Waals surface area contributed by atoms with Gasteiger partial charge in [-0.15, -0.1) is 0 Å². The normalized spacial score (nSPS) is 12.7. The number of rotatable bonds is 2. The first-order chi connectivity index (χ1) is 5.65. The molecule has 1 atom stereocenters. The molecule has 0 heterocycles. The molecule has 0 radical (unpaired) electrons. The van der Waals surface area contributed by atoms with Gasteiger partial charge in [0.25, 0.3) is 0 Å². The summed E-state index contributed by atoms with van der Waals surface area (Å²) in [5.74, 6) is 0.786. The zero-order valence-corrected chi connectivity index (χ0v) is 7.93.